The highest BCUT2D eigenvalue weighted by atomic mass is 16.5. The summed E-state index contributed by atoms with van der Waals surface area (Å²) in [7, 11) is 3.16. The van der Waals surface area contributed by atoms with Crippen LogP contribution in [0.15, 0.2) is 28.8 Å². The average molecular weight is 374 g/mol. The lowest BCUT2D eigenvalue weighted by molar-refractivity contribution is -0.117. The quantitative estimate of drug-likeness (QED) is 0.791. The van der Waals surface area contributed by atoms with E-state index in [0.717, 1.165) is 44.2 Å². The minimum Gasteiger partial charge on any atom is -0.497 e. The molecule has 2 aromatic rings. The van der Waals surface area contributed by atoms with Crippen molar-refractivity contribution in [2.75, 3.05) is 52.3 Å². The summed E-state index contributed by atoms with van der Waals surface area (Å²) in [4.78, 5) is 16.9. The van der Waals surface area contributed by atoms with E-state index in [1.807, 2.05) is 13.0 Å². The second kappa shape index (κ2) is 8.88. The molecule has 0 unspecified atom stereocenters. The molecule has 1 amide bonds. The number of amides is 1. The van der Waals surface area contributed by atoms with Crippen molar-refractivity contribution in [1.29, 1.82) is 0 Å². The number of aromatic nitrogens is 1. The molecule has 0 aliphatic carbocycles. The molecule has 1 aromatic heterocycles. The third-order valence-corrected chi connectivity index (χ3v) is 4.58. The monoisotopic (exact) mass is 374 g/mol. The Bertz CT molecular complexity index is 769. The lowest BCUT2D eigenvalue weighted by atomic mass is 10.2. The highest BCUT2D eigenvalue weighted by molar-refractivity contribution is 5.93. The van der Waals surface area contributed by atoms with Gasteiger partial charge < -0.3 is 19.3 Å². The van der Waals surface area contributed by atoms with Crippen LogP contribution in [0.3, 0.4) is 0 Å². The Kier molecular flexibility index (Phi) is 6.31. The van der Waals surface area contributed by atoms with Gasteiger partial charge in [-0.3, -0.25) is 14.6 Å². The normalized spacial score (nSPS) is 15.5. The lowest BCUT2D eigenvalue weighted by Gasteiger charge is -2.33. The average Bonchev–Trinajstić information content (AvgIpc) is 3.08. The van der Waals surface area contributed by atoms with Gasteiger partial charge in [0.15, 0.2) is 0 Å². The van der Waals surface area contributed by atoms with Crippen LogP contribution in [-0.4, -0.2) is 67.8 Å². The first-order valence-electron chi connectivity index (χ1n) is 8.96. The summed E-state index contributed by atoms with van der Waals surface area (Å²) in [5.74, 6) is 2.03. The molecule has 1 aliphatic rings. The molecular weight excluding hydrogens is 348 g/mol. The van der Waals surface area contributed by atoms with Gasteiger partial charge in [0.25, 0.3) is 0 Å². The van der Waals surface area contributed by atoms with Gasteiger partial charge in [-0.2, -0.15) is 0 Å². The largest absolute Gasteiger partial charge is 0.497 e. The number of ether oxygens (including phenoxy) is 2. The number of hydrogen-bond acceptors (Lipinski definition) is 7. The number of carbonyl (C=O) groups is 1. The molecule has 1 N–H and O–H groups in total. The minimum atomic E-state index is -0.0564. The highest BCUT2D eigenvalue weighted by Crippen LogP contribution is 2.28. The number of methoxy groups -OCH3 is 2. The fourth-order valence-corrected chi connectivity index (χ4v) is 3.12. The summed E-state index contributed by atoms with van der Waals surface area (Å²) < 4.78 is 15.6. The Hall–Kier alpha value is -2.58. The number of carbonyl (C=O) groups excluding carboxylic acids is 1. The molecule has 2 heterocycles. The van der Waals surface area contributed by atoms with E-state index in [-0.39, 0.29) is 5.91 Å². The van der Waals surface area contributed by atoms with E-state index in [4.69, 9.17) is 14.0 Å². The molecule has 0 saturated carbocycles. The molecule has 8 nitrogen and oxygen atoms in total. The zero-order valence-electron chi connectivity index (χ0n) is 16.0. The van der Waals surface area contributed by atoms with Crippen molar-refractivity contribution in [3.05, 3.63) is 35.7 Å². The predicted octanol–water partition coefficient (Wildman–Crippen LogP) is 1.76. The molecule has 1 aromatic carbocycles. The number of anilines is 1. The van der Waals surface area contributed by atoms with Crippen LogP contribution in [-0.2, 0) is 11.3 Å². The van der Waals surface area contributed by atoms with E-state index < -0.39 is 0 Å². The summed E-state index contributed by atoms with van der Waals surface area (Å²) >= 11 is 0. The van der Waals surface area contributed by atoms with Crippen molar-refractivity contribution in [2.45, 2.75) is 13.5 Å². The number of nitrogens with zero attached hydrogens (tertiary/aromatic N) is 3. The van der Waals surface area contributed by atoms with Crippen molar-refractivity contribution < 1.29 is 18.8 Å². The Labute approximate surface area is 159 Å². The van der Waals surface area contributed by atoms with Gasteiger partial charge in [0.1, 0.15) is 17.3 Å². The summed E-state index contributed by atoms with van der Waals surface area (Å²) in [6.45, 7) is 6.49. The molecular formula is C19H26N4O4. The van der Waals surface area contributed by atoms with Crippen LogP contribution in [0.4, 0.5) is 5.69 Å². The fourth-order valence-electron chi connectivity index (χ4n) is 3.12. The Morgan fingerprint density at radius 2 is 1.89 bits per heavy atom. The van der Waals surface area contributed by atoms with E-state index >= 15 is 0 Å². The molecule has 3 rings (SSSR count). The van der Waals surface area contributed by atoms with Gasteiger partial charge in [0, 0.05) is 44.9 Å². The van der Waals surface area contributed by atoms with Crippen LogP contribution < -0.4 is 14.8 Å². The standard InChI is InChI=1S/C19H26N4O4/c1-14-10-15(21-27-14)12-22-6-8-23(9-7-22)13-19(24)20-17-5-4-16(25-2)11-18(17)26-3/h4-5,10-11H,6-9,12-13H2,1-3H3,(H,20,24). The van der Waals surface area contributed by atoms with Crippen molar-refractivity contribution in [3.8, 4) is 11.5 Å². The van der Waals surface area contributed by atoms with Crippen molar-refractivity contribution in [3.63, 3.8) is 0 Å². The Balaban J connectivity index is 1.47. The third-order valence-electron chi connectivity index (χ3n) is 4.58. The van der Waals surface area contributed by atoms with Crippen LogP contribution in [0.1, 0.15) is 11.5 Å². The third kappa shape index (κ3) is 5.21. The maximum Gasteiger partial charge on any atom is 0.238 e. The molecule has 0 atom stereocenters. The summed E-state index contributed by atoms with van der Waals surface area (Å²) in [5, 5.41) is 6.95. The van der Waals surface area contributed by atoms with Crippen LogP contribution >= 0.6 is 0 Å². The van der Waals surface area contributed by atoms with Crippen LogP contribution in [0.5, 0.6) is 11.5 Å². The predicted molar refractivity (Wildman–Crippen MR) is 101 cm³/mol. The van der Waals surface area contributed by atoms with Crippen LogP contribution in [0.25, 0.3) is 0 Å². The zero-order valence-corrected chi connectivity index (χ0v) is 16.0. The lowest BCUT2D eigenvalue weighted by Crippen LogP contribution is -2.48. The Morgan fingerprint density at radius 3 is 2.52 bits per heavy atom. The van der Waals surface area contributed by atoms with Crippen LogP contribution in [0, 0.1) is 6.92 Å². The number of aryl methyl sites for hydroxylation is 1. The molecule has 0 bridgehead atoms. The molecule has 27 heavy (non-hydrogen) atoms. The van der Waals surface area contributed by atoms with Gasteiger partial charge in [0.05, 0.1) is 32.1 Å². The molecule has 0 radical (unpaired) electrons. The maximum absolute atomic E-state index is 12.4. The number of nitrogens with one attached hydrogen (secondary N) is 1. The van der Waals surface area contributed by atoms with Crippen molar-refractivity contribution >= 4 is 11.6 Å². The molecule has 0 spiro atoms. The molecule has 1 fully saturated rings. The summed E-state index contributed by atoms with van der Waals surface area (Å²) in [6.07, 6.45) is 0. The van der Waals surface area contributed by atoms with Gasteiger partial charge >= 0.3 is 0 Å². The molecule has 8 heteroatoms. The van der Waals surface area contributed by atoms with Gasteiger partial charge in [-0.05, 0) is 19.1 Å². The topological polar surface area (TPSA) is 80.1 Å². The van der Waals surface area contributed by atoms with E-state index in [2.05, 4.69) is 20.3 Å². The van der Waals surface area contributed by atoms with Gasteiger partial charge in [-0.15, -0.1) is 0 Å². The number of hydrogen-bond donors (Lipinski definition) is 1. The van der Waals surface area contributed by atoms with E-state index in [1.165, 1.54) is 0 Å². The maximum atomic E-state index is 12.4. The highest BCUT2D eigenvalue weighted by Gasteiger charge is 2.20. The SMILES string of the molecule is COc1ccc(NC(=O)CN2CCN(Cc3cc(C)on3)CC2)c(OC)c1. The first-order chi connectivity index (χ1) is 13.1. The van der Waals surface area contributed by atoms with Crippen molar-refractivity contribution in [2.24, 2.45) is 0 Å². The summed E-state index contributed by atoms with van der Waals surface area (Å²) in [6, 6.07) is 7.29. The number of rotatable bonds is 7. The van der Waals surface area contributed by atoms with Gasteiger partial charge in [0.2, 0.25) is 5.91 Å². The first-order valence-corrected chi connectivity index (χ1v) is 8.96. The molecule has 1 saturated heterocycles. The second-order valence-electron chi connectivity index (χ2n) is 6.60. The smallest absolute Gasteiger partial charge is 0.238 e. The molecule has 146 valence electrons. The van der Waals surface area contributed by atoms with Crippen molar-refractivity contribution in [1.82, 2.24) is 15.0 Å². The Morgan fingerprint density at radius 1 is 1.15 bits per heavy atom. The fraction of sp³-hybridized carbons (Fsp3) is 0.474. The molecule has 1 aliphatic heterocycles. The number of benzene rings is 1. The van der Waals surface area contributed by atoms with Crippen LogP contribution in [0.2, 0.25) is 0 Å². The van der Waals surface area contributed by atoms with E-state index in [1.54, 1.807) is 32.4 Å². The first kappa shape index (κ1) is 19.2. The van der Waals surface area contributed by atoms with Gasteiger partial charge in [-0.25, -0.2) is 0 Å². The van der Waals surface area contributed by atoms with E-state index in [0.29, 0.717) is 23.7 Å². The van der Waals surface area contributed by atoms with Gasteiger partial charge in [-0.1, -0.05) is 5.16 Å². The second-order valence-corrected chi connectivity index (χ2v) is 6.60. The zero-order chi connectivity index (χ0) is 19.2. The summed E-state index contributed by atoms with van der Waals surface area (Å²) in [5.41, 5.74) is 1.59. The number of piperazine rings is 1. The van der Waals surface area contributed by atoms with E-state index in [9.17, 15) is 4.79 Å². The minimum absolute atomic E-state index is 0.0564.